The molecule has 0 aliphatic carbocycles. The largest absolute Gasteiger partial charge is 0.326 e. The third-order valence-electron chi connectivity index (χ3n) is 1.42. The lowest BCUT2D eigenvalue weighted by Crippen LogP contribution is -1.95. The van der Waals surface area contributed by atoms with Crippen LogP contribution in [0.1, 0.15) is 19.8 Å². The average molecular weight is 203 g/mol. The Hall–Kier alpha value is -0.310. The van der Waals surface area contributed by atoms with E-state index >= 15 is 0 Å². The molecule has 1 aromatic rings. The summed E-state index contributed by atoms with van der Waals surface area (Å²) in [5, 5.41) is 0. The van der Waals surface area contributed by atoms with Crippen molar-refractivity contribution < 1.29 is 0 Å². The Kier molecular flexibility index (Phi) is 2.93. The Bertz CT molecular complexity index is 195. The second kappa shape index (κ2) is 3.76. The van der Waals surface area contributed by atoms with Crippen molar-refractivity contribution in [2.45, 2.75) is 26.3 Å². The van der Waals surface area contributed by atoms with Gasteiger partial charge in [0.1, 0.15) is 0 Å². The molecule has 0 saturated carbocycles. The molecule has 0 aliphatic heterocycles. The van der Waals surface area contributed by atoms with E-state index in [0.29, 0.717) is 0 Å². The highest BCUT2D eigenvalue weighted by molar-refractivity contribution is 9.10. The van der Waals surface area contributed by atoms with Gasteiger partial charge in [-0.15, -0.1) is 0 Å². The van der Waals surface area contributed by atoms with Crippen LogP contribution < -0.4 is 0 Å². The summed E-state index contributed by atoms with van der Waals surface area (Å²) >= 11 is 3.35. The molecule has 0 N–H and O–H groups in total. The van der Waals surface area contributed by atoms with Crippen LogP contribution in [0.3, 0.4) is 0 Å². The van der Waals surface area contributed by atoms with E-state index in [2.05, 4.69) is 32.4 Å². The van der Waals surface area contributed by atoms with Crippen LogP contribution in [0, 0.1) is 0 Å². The van der Waals surface area contributed by atoms with Crippen molar-refractivity contribution in [2.24, 2.45) is 0 Å². The second-order valence-corrected chi connectivity index (χ2v) is 2.95. The Labute approximate surface area is 69.4 Å². The van der Waals surface area contributed by atoms with Gasteiger partial charge in [-0.25, -0.2) is 4.98 Å². The maximum absolute atomic E-state index is 4.05. The number of imidazole rings is 1. The number of hydrogen-bond acceptors (Lipinski definition) is 1. The molecule has 1 heterocycles. The normalized spacial score (nSPS) is 10.2. The fourth-order valence-electron chi connectivity index (χ4n) is 0.806. The monoisotopic (exact) mass is 202 g/mol. The average Bonchev–Trinajstić information content (AvgIpc) is 2.31. The summed E-state index contributed by atoms with van der Waals surface area (Å²) in [5.41, 5.74) is 0. The zero-order valence-electron chi connectivity index (χ0n) is 6.05. The minimum Gasteiger partial charge on any atom is -0.326 e. The first-order valence-electron chi connectivity index (χ1n) is 3.51. The van der Waals surface area contributed by atoms with Gasteiger partial charge in [-0.1, -0.05) is 13.3 Å². The van der Waals surface area contributed by atoms with Crippen molar-refractivity contribution in [2.75, 3.05) is 0 Å². The molecule has 0 fully saturated rings. The van der Waals surface area contributed by atoms with Crippen LogP contribution in [0.25, 0.3) is 0 Å². The Morgan fingerprint density at radius 3 is 3.00 bits per heavy atom. The summed E-state index contributed by atoms with van der Waals surface area (Å²) in [6.45, 7) is 3.25. The van der Waals surface area contributed by atoms with Crippen molar-refractivity contribution in [3.8, 4) is 0 Å². The predicted molar refractivity (Wildman–Crippen MR) is 44.8 cm³/mol. The lowest BCUT2D eigenvalue weighted by Gasteiger charge is -1.99. The molecule has 56 valence electrons. The van der Waals surface area contributed by atoms with Gasteiger partial charge in [-0.2, -0.15) is 0 Å². The molecule has 0 aliphatic rings. The molecule has 10 heavy (non-hydrogen) atoms. The molecular formula is C7H11BrN2. The van der Waals surface area contributed by atoms with Crippen LogP contribution in [0.15, 0.2) is 17.1 Å². The Balaban J connectivity index is 2.49. The van der Waals surface area contributed by atoms with Crippen LogP contribution in [-0.2, 0) is 6.54 Å². The molecule has 0 atom stereocenters. The second-order valence-electron chi connectivity index (χ2n) is 2.24. The molecular weight excluding hydrogens is 192 g/mol. The molecule has 3 heteroatoms. The fourth-order valence-corrected chi connectivity index (χ4v) is 1.22. The first-order valence-corrected chi connectivity index (χ1v) is 4.30. The summed E-state index contributed by atoms with van der Waals surface area (Å²) in [6, 6.07) is 0. The molecule has 0 bridgehead atoms. The number of rotatable bonds is 3. The molecule has 1 rings (SSSR count). The van der Waals surface area contributed by atoms with Crippen molar-refractivity contribution in [1.82, 2.24) is 9.55 Å². The van der Waals surface area contributed by atoms with Gasteiger partial charge >= 0.3 is 0 Å². The van der Waals surface area contributed by atoms with Crippen LogP contribution in [0.5, 0.6) is 0 Å². The molecule has 0 aromatic carbocycles. The van der Waals surface area contributed by atoms with Gasteiger partial charge in [0.05, 0.1) is 0 Å². The Morgan fingerprint density at radius 2 is 2.50 bits per heavy atom. The topological polar surface area (TPSA) is 17.8 Å². The molecule has 0 amide bonds. The molecule has 0 radical (unpaired) electrons. The molecule has 1 aromatic heterocycles. The maximum Gasteiger partial charge on any atom is 0.177 e. The lowest BCUT2D eigenvalue weighted by atomic mass is 10.3. The van der Waals surface area contributed by atoms with E-state index in [1.165, 1.54) is 12.8 Å². The van der Waals surface area contributed by atoms with Gasteiger partial charge in [-0.05, 0) is 22.4 Å². The highest BCUT2D eigenvalue weighted by Crippen LogP contribution is 2.06. The lowest BCUT2D eigenvalue weighted by molar-refractivity contribution is 0.620. The molecule has 0 saturated heterocycles. The highest BCUT2D eigenvalue weighted by atomic mass is 79.9. The standard InChI is InChI=1S/C7H11BrN2/c1-2-3-5-10-6-4-9-7(10)8/h4,6H,2-3,5H2,1H3. The van der Waals surface area contributed by atoms with Crippen LogP contribution >= 0.6 is 15.9 Å². The van der Waals surface area contributed by atoms with Gasteiger partial charge in [0.15, 0.2) is 4.73 Å². The van der Waals surface area contributed by atoms with Crippen LogP contribution in [0.4, 0.5) is 0 Å². The molecule has 2 nitrogen and oxygen atoms in total. The van der Waals surface area contributed by atoms with Gasteiger partial charge in [-0.3, -0.25) is 0 Å². The van der Waals surface area contributed by atoms with E-state index in [0.717, 1.165) is 11.3 Å². The van der Waals surface area contributed by atoms with E-state index in [1.54, 1.807) is 6.20 Å². The van der Waals surface area contributed by atoms with Crippen molar-refractivity contribution >= 4 is 15.9 Å². The Morgan fingerprint density at radius 1 is 1.70 bits per heavy atom. The van der Waals surface area contributed by atoms with Crippen molar-refractivity contribution in [3.05, 3.63) is 17.1 Å². The number of halogens is 1. The first kappa shape index (κ1) is 7.79. The van der Waals surface area contributed by atoms with Crippen molar-refractivity contribution in [3.63, 3.8) is 0 Å². The number of unbranched alkanes of at least 4 members (excludes halogenated alkanes) is 1. The summed E-state index contributed by atoms with van der Waals surface area (Å²) in [7, 11) is 0. The van der Waals surface area contributed by atoms with E-state index in [4.69, 9.17) is 0 Å². The third-order valence-corrected chi connectivity index (χ3v) is 2.08. The minimum atomic E-state index is 0.931. The first-order chi connectivity index (χ1) is 4.84. The summed E-state index contributed by atoms with van der Waals surface area (Å²) in [4.78, 5) is 4.05. The highest BCUT2D eigenvalue weighted by Gasteiger charge is 1.94. The van der Waals surface area contributed by atoms with Crippen LogP contribution in [0.2, 0.25) is 0 Å². The zero-order chi connectivity index (χ0) is 7.40. The van der Waals surface area contributed by atoms with E-state index in [1.807, 2.05) is 6.20 Å². The number of hydrogen-bond donors (Lipinski definition) is 0. The van der Waals surface area contributed by atoms with Gasteiger partial charge in [0, 0.05) is 18.9 Å². The quantitative estimate of drug-likeness (QED) is 0.737. The minimum absolute atomic E-state index is 0.931. The summed E-state index contributed by atoms with van der Waals surface area (Å²) in [5.74, 6) is 0. The van der Waals surface area contributed by atoms with Gasteiger partial charge in [0.25, 0.3) is 0 Å². The van der Waals surface area contributed by atoms with E-state index in [-0.39, 0.29) is 0 Å². The summed E-state index contributed by atoms with van der Waals surface area (Å²) < 4.78 is 3.03. The van der Waals surface area contributed by atoms with Gasteiger partial charge in [0.2, 0.25) is 0 Å². The predicted octanol–water partition coefficient (Wildman–Crippen LogP) is 2.45. The zero-order valence-corrected chi connectivity index (χ0v) is 7.63. The van der Waals surface area contributed by atoms with E-state index in [9.17, 15) is 0 Å². The van der Waals surface area contributed by atoms with Crippen LogP contribution in [-0.4, -0.2) is 9.55 Å². The third kappa shape index (κ3) is 1.84. The summed E-state index contributed by atoms with van der Waals surface area (Å²) in [6.07, 6.45) is 6.24. The number of aryl methyl sites for hydroxylation is 1. The van der Waals surface area contributed by atoms with Crippen molar-refractivity contribution in [1.29, 1.82) is 0 Å². The molecule has 0 unspecified atom stereocenters. The fraction of sp³-hybridized carbons (Fsp3) is 0.571. The number of aromatic nitrogens is 2. The smallest absolute Gasteiger partial charge is 0.177 e. The SMILES string of the molecule is CCCCn1ccnc1Br. The number of nitrogens with zero attached hydrogens (tertiary/aromatic N) is 2. The molecule has 0 spiro atoms. The maximum atomic E-state index is 4.05. The van der Waals surface area contributed by atoms with E-state index < -0.39 is 0 Å². The van der Waals surface area contributed by atoms with Gasteiger partial charge < -0.3 is 4.57 Å².